The fourth-order valence-corrected chi connectivity index (χ4v) is 5.20. The summed E-state index contributed by atoms with van der Waals surface area (Å²) in [6, 6.07) is 27.9. The smallest absolute Gasteiger partial charge is 0.422 e. The maximum Gasteiger partial charge on any atom is 0.422 e. The second-order valence-corrected chi connectivity index (χ2v) is 8.41. The molecule has 32 heavy (non-hydrogen) atoms. The fraction of sp³-hybridized carbons (Fsp3) is 0.107. The molecular formula is C28H23IN2O. The van der Waals surface area contributed by atoms with Gasteiger partial charge < -0.3 is 24.0 Å². The number of rotatable bonds is 2. The van der Waals surface area contributed by atoms with Crippen molar-refractivity contribution in [3.8, 4) is 22.3 Å². The van der Waals surface area contributed by atoms with E-state index in [2.05, 4.69) is 91.0 Å². The van der Waals surface area contributed by atoms with Crippen molar-refractivity contribution in [3.63, 3.8) is 0 Å². The molecule has 0 saturated carbocycles. The number of likely N-dealkylation sites (N-methyl/N-ethyl adjacent to an activating group) is 1. The zero-order chi connectivity index (χ0) is 21.1. The van der Waals surface area contributed by atoms with Gasteiger partial charge in [0.25, 0.3) is 0 Å². The summed E-state index contributed by atoms with van der Waals surface area (Å²) in [4.78, 5) is 15.5. The first kappa shape index (κ1) is 20.9. The largest absolute Gasteiger partial charge is 1.00 e. The number of nitrogens with one attached hydrogen (secondary N) is 1. The molecule has 1 aliphatic carbocycles. The van der Waals surface area contributed by atoms with E-state index in [1.54, 1.807) is 0 Å². The third-order valence-electron chi connectivity index (χ3n) is 6.76. The van der Waals surface area contributed by atoms with E-state index in [4.69, 9.17) is 0 Å². The molecule has 0 bridgehead atoms. The zero-order valence-corrected chi connectivity index (χ0v) is 20.1. The van der Waals surface area contributed by atoms with Gasteiger partial charge in [-0.05, 0) is 45.3 Å². The van der Waals surface area contributed by atoms with E-state index < -0.39 is 0 Å². The molecule has 4 aromatic rings. The minimum absolute atomic E-state index is 0. The van der Waals surface area contributed by atoms with Crippen LogP contribution in [0, 0.1) is 0 Å². The third-order valence-corrected chi connectivity index (χ3v) is 6.76. The van der Waals surface area contributed by atoms with E-state index in [9.17, 15) is 4.79 Å². The van der Waals surface area contributed by atoms with Gasteiger partial charge in [0.2, 0.25) is 0 Å². The third kappa shape index (κ3) is 2.93. The van der Waals surface area contributed by atoms with Crippen LogP contribution in [0.1, 0.15) is 17.2 Å². The van der Waals surface area contributed by atoms with Crippen molar-refractivity contribution >= 4 is 28.6 Å². The Labute approximate surface area is 205 Å². The second-order valence-electron chi connectivity index (χ2n) is 8.41. The van der Waals surface area contributed by atoms with Crippen LogP contribution in [0.3, 0.4) is 0 Å². The molecule has 0 aromatic heterocycles. The summed E-state index contributed by atoms with van der Waals surface area (Å²) in [5.41, 5.74) is 8.44. The summed E-state index contributed by atoms with van der Waals surface area (Å²) >= 11 is 0. The van der Waals surface area contributed by atoms with Crippen molar-refractivity contribution in [2.75, 3.05) is 14.1 Å². The molecule has 4 aromatic carbocycles. The Morgan fingerprint density at radius 1 is 0.844 bits per heavy atom. The van der Waals surface area contributed by atoms with Crippen LogP contribution in [0.15, 0.2) is 84.9 Å². The number of hydrogen-bond acceptors (Lipinski definition) is 1. The molecule has 0 saturated heterocycles. The van der Waals surface area contributed by atoms with Crippen LogP contribution in [0.5, 0.6) is 0 Å². The molecule has 4 heteroatoms. The van der Waals surface area contributed by atoms with Crippen LogP contribution in [0.4, 0.5) is 10.5 Å². The summed E-state index contributed by atoms with van der Waals surface area (Å²) in [6.45, 7) is 0. The lowest BCUT2D eigenvalue weighted by molar-refractivity contribution is -0.725. The van der Waals surface area contributed by atoms with Crippen molar-refractivity contribution in [2.24, 2.45) is 0 Å². The molecule has 1 heterocycles. The predicted molar refractivity (Wildman–Crippen MR) is 126 cm³/mol. The first-order valence-electron chi connectivity index (χ1n) is 10.7. The highest BCUT2D eigenvalue weighted by molar-refractivity contribution is 6.10. The van der Waals surface area contributed by atoms with Gasteiger partial charge >= 0.3 is 6.03 Å². The van der Waals surface area contributed by atoms with Crippen LogP contribution in [0.25, 0.3) is 39.1 Å². The number of carbonyl (C=O) groups is 1. The Balaban J connectivity index is 0.00000216. The van der Waals surface area contributed by atoms with Crippen LogP contribution in [0.2, 0.25) is 0 Å². The van der Waals surface area contributed by atoms with E-state index in [0.29, 0.717) is 0 Å². The van der Waals surface area contributed by atoms with Crippen molar-refractivity contribution in [1.29, 1.82) is 0 Å². The van der Waals surface area contributed by atoms with Gasteiger partial charge in [0.05, 0.1) is 13.1 Å². The van der Waals surface area contributed by atoms with E-state index in [1.165, 1.54) is 44.2 Å². The van der Waals surface area contributed by atoms with Crippen LogP contribution < -0.4 is 28.9 Å². The fourth-order valence-electron chi connectivity index (χ4n) is 5.20. The molecule has 3 nitrogen and oxygen atoms in total. The number of amides is 2. The summed E-state index contributed by atoms with van der Waals surface area (Å²) in [6.07, 6.45) is 4.39. The average Bonchev–Trinajstić information content (AvgIpc) is 2.83. The topological polar surface area (TPSA) is 24.8 Å². The molecule has 2 amide bonds. The molecular weight excluding hydrogens is 507 g/mol. The average molecular weight is 530 g/mol. The Hall–Kier alpha value is -2.96. The number of hydrogen-bond donors (Lipinski definition) is 1. The van der Waals surface area contributed by atoms with Crippen molar-refractivity contribution < 1.29 is 33.7 Å². The number of nitrogens with zero attached hydrogens (tertiary/aromatic N) is 1. The first-order valence-corrected chi connectivity index (χ1v) is 10.7. The van der Waals surface area contributed by atoms with E-state index >= 15 is 0 Å². The maximum absolute atomic E-state index is 12.8. The predicted octanol–water partition coefficient (Wildman–Crippen LogP) is 2.46. The van der Waals surface area contributed by atoms with Crippen LogP contribution in [-0.2, 0) is 0 Å². The molecule has 1 N–H and O–H groups in total. The van der Waals surface area contributed by atoms with Gasteiger partial charge in [-0.3, -0.25) is 4.90 Å². The Morgan fingerprint density at radius 3 is 2.12 bits per heavy atom. The lowest BCUT2D eigenvalue weighted by Gasteiger charge is -2.37. The highest BCUT2D eigenvalue weighted by atomic mass is 127. The van der Waals surface area contributed by atoms with Gasteiger partial charge in [-0.15, -0.1) is 0 Å². The highest BCUT2D eigenvalue weighted by Gasteiger charge is 2.40. The molecule has 2 unspecified atom stereocenters. The molecule has 2 atom stereocenters. The summed E-state index contributed by atoms with van der Waals surface area (Å²) in [7, 11) is 3.86. The second kappa shape index (κ2) is 7.87. The minimum Gasteiger partial charge on any atom is -1.00 e. The summed E-state index contributed by atoms with van der Waals surface area (Å²) in [5.74, 6) is 0. The lowest BCUT2D eigenvalue weighted by atomic mass is 9.80. The molecule has 1 aliphatic heterocycles. The number of carbonyl (C=O) groups excluding carboxylic acids is 1. The van der Waals surface area contributed by atoms with Gasteiger partial charge in [0.15, 0.2) is 0 Å². The Morgan fingerprint density at radius 2 is 1.47 bits per heavy atom. The van der Waals surface area contributed by atoms with Gasteiger partial charge in [-0.2, -0.15) is 0 Å². The molecule has 0 radical (unpaired) electrons. The number of urea groups is 1. The van der Waals surface area contributed by atoms with Gasteiger partial charge in [-0.25, -0.2) is 9.69 Å². The van der Waals surface area contributed by atoms with Crippen LogP contribution >= 0.6 is 0 Å². The van der Waals surface area contributed by atoms with Crippen LogP contribution in [-0.4, -0.2) is 25.0 Å². The van der Waals surface area contributed by atoms with E-state index in [0.717, 1.165) is 10.6 Å². The highest BCUT2D eigenvalue weighted by Crippen LogP contribution is 2.47. The number of halogens is 1. The Kier molecular flexibility index (Phi) is 5.14. The first-order chi connectivity index (χ1) is 15.1. The zero-order valence-electron chi connectivity index (χ0n) is 18.0. The Bertz CT molecular complexity index is 1380. The molecule has 0 fully saturated rings. The summed E-state index contributed by atoms with van der Waals surface area (Å²) in [5, 5.41) is 2.51. The molecule has 2 aliphatic rings. The standard InChI is InChI=1S/C28H22N2O.HI/c1-29-24-15-13-20-22(18-9-5-3-6-10-18)17-23(19-11-7-4-8-12-19)21-14-16-25(27(24)26(20)21)30(2)28(29)31;/h3-17,24H,1-2H3;1H. The summed E-state index contributed by atoms with van der Waals surface area (Å²) < 4.78 is 0. The number of benzene rings is 4. The normalized spacial score (nSPS) is 18.6. The van der Waals surface area contributed by atoms with E-state index in [-0.39, 0.29) is 36.0 Å². The SMILES string of the molecule is CN1C(=O)[NH+](C)c2ccc3c(-c4ccccc4)cc(-c4ccccc4)c4c3c2C1C=C4.[I-]. The minimum atomic E-state index is -0.0305. The monoisotopic (exact) mass is 530 g/mol. The van der Waals surface area contributed by atoms with Gasteiger partial charge in [-0.1, -0.05) is 72.8 Å². The molecule has 158 valence electrons. The molecule has 0 spiro atoms. The van der Waals surface area contributed by atoms with Crippen molar-refractivity contribution in [3.05, 3.63) is 96.1 Å². The van der Waals surface area contributed by atoms with Crippen molar-refractivity contribution in [1.82, 2.24) is 4.90 Å². The van der Waals surface area contributed by atoms with E-state index in [1.807, 2.05) is 19.0 Å². The number of quaternary nitrogens is 1. The van der Waals surface area contributed by atoms with Gasteiger partial charge in [0.1, 0.15) is 5.69 Å². The lowest BCUT2D eigenvalue weighted by Crippen LogP contribution is -3.09. The van der Waals surface area contributed by atoms with Crippen molar-refractivity contribution in [2.45, 2.75) is 6.04 Å². The quantitative estimate of drug-likeness (QED) is 0.396. The molecule has 6 rings (SSSR count). The maximum atomic E-state index is 12.8. The van der Waals surface area contributed by atoms with Gasteiger partial charge in [0, 0.05) is 24.1 Å².